The van der Waals surface area contributed by atoms with Crippen molar-refractivity contribution in [2.24, 2.45) is 17.8 Å². The normalized spacial score (nSPS) is 26.4. The molecule has 2 aromatic rings. The molecule has 0 spiro atoms. The zero-order valence-electron chi connectivity index (χ0n) is 17.5. The Bertz CT molecular complexity index is 896. The third-order valence-electron chi connectivity index (χ3n) is 7.24. The average Bonchev–Trinajstić information content (AvgIpc) is 2.77. The van der Waals surface area contributed by atoms with Crippen LogP contribution in [-0.2, 0) is 6.18 Å². The molecule has 0 heterocycles. The Hall–Kier alpha value is -2.21. The molecule has 0 N–H and O–H groups in total. The van der Waals surface area contributed by atoms with Crippen molar-refractivity contribution in [2.45, 2.75) is 64.0 Å². The van der Waals surface area contributed by atoms with E-state index in [-0.39, 0.29) is 0 Å². The van der Waals surface area contributed by atoms with Crippen LogP contribution < -0.4 is 0 Å². The van der Waals surface area contributed by atoms with Crippen molar-refractivity contribution in [3.05, 3.63) is 70.8 Å². The molecule has 0 nitrogen and oxygen atoms in total. The van der Waals surface area contributed by atoms with Gasteiger partial charge in [0.2, 0.25) is 0 Å². The standard InChI is InChI=1S/C27H29F3/c1-2-19-5-12-25-18-24(14-13-23(25)17-19)22-10-6-20(7-11-22)3-4-21-8-15-26(16-9-21)27(28,29)30/h6-11,15-16,19,23-25H,2,5,12-14,17-18H2,1H3. The smallest absolute Gasteiger partial charge is 0.166 e. The maximum absolute atomic E-state index is 12.7. The number of rotatable bonds is 2. The first-order valence-electron chi connectivity index (χ1n) is 11.2. The summed E-state index contributed by atoms with van der Waals surface area (Å²) in [6.45, 7) is 2.33. The van der Waals surface area contributed by atoms with E-state index in [1.807, 2.05) is 12.1 Å². The maximum Gasteiger partial charge on any atom is 0.416 e. The number of hydrogen-bond donors (Lipinski definition) is 0. The molecule has 0 bridgehead atoms. The molecule has 30 heavy (non-hydrogen) atoms. The summed E-state index contributed by atoms with van der Waals surface area (Å²) in [5.41, 5.74) is 2.25. The van der Waals surface area contributed by atoms with Crippen molar-refractivity contribution in [3.63, 3.8) is 0 Å². The van der Waals surface area contributed by atoms with Crippen molar-refractivity contribution in [3.8, 4) is 11.8 Å². The molecule has 2 aliphatic carbocycles. The average molecular weight is 411 g/mol. The van der Waals surface area contributed by atoms with Gasteiger partial charge in [-0.15, -0.1) is 0 Å². The van der Waals surface area contributed by atoms with Gasteiger partial charge in [0.05, 0.1) is 5.56 Å². The molecule has 4 rings (SSSR count). The molecule has 2 fully saturated rings. The summed E-state index contributed by atoms with van der Waals surface area (Å²) < 4.78 is 38.0. The third kappa shape index (κ3) is 4.91. The molecule has 0 aromatic heterocycles. The lowest BCUT2D eigenvalue weighted by Crippen LogP contribution is -2.30. The fourth-order valence-electron chi connectivity index (χ4n) is 5.39. The molecule has 0 amide bonds. The van der Waals surface area contributed by atoms with Gasteiger partial charge in [0.1, 0.15) is 0 Å². The zero-order valence-corrected chi connectivity index (χ0v) is 17.5. The molecule has 4 atom stereocenters. The van der Waals surface area contributed by atoms with E-state index in [0.717, 1.165) is 35.4 Å². The van der Waals surface area contributed by atoms with Crippen LogP contribution >= 0.6 is 0 Å². The van der Waals surface area contributed by atoms with Crippen LogP contribution in [0.5, 0.6) is 0 Å². The van der Waals surface area contributed by atoms with Gasteiger partial charge in [-0.05, 0) is 97.7 Å². The van der Waals surface area contributed by atoms with Gasteiger partial charge < -0.3 is 0 Å². The van der Waals surface area contributed by atoms with Gasteiger partial charge in [0.15, 0.2) is 0 Å². The van der Waals surface area contributed by atoms with E-state index in [1.165, 1.54) is 62.6 Å². The predicted octanol–water partition coefficient (Wildman–Crippen LogP) is 7.82. The van der Waals surface area contributed by atoms with Gasteiger partial charge in [-0.2, -0.15) is 13.2 Å². The highest BCUT2D eigenvalue weighted by Crippen LogP contribution is 2.48. The van der Waals surface area contributed by atoms with Crippen LogP contribution in [0.4, 0.5) is 13.2 Å². The van der Waals surface area contributed by atoms with E-state index in [2.05, 4.69) is 30.9 Å². The molecular formula is C27H29F3. The summed E-state index contributed by atoms with van der Waals surface area (Å²) in [4.78, 5) is 0. The molecule has 0 aliphatic heterocycles. The molecular weight excluding hydrogens is 381 g/mol. The first-order chi connectivity index (χ1) is 14.4. The number of halogens is 3. The molecule has 3 heteroatoms. The molecule has 0 radical (unpaired) electrons. The van der Waals surface area contributed by atoms with Crippen molar-refractivity contribution >= 4 is 0 Å². The monoisotopic (exact) mass is 410 g/mol. The Morgan fingerprint density at radius 1 is 0.767 bits per heavy atom. The first kappa shape index (κ1) is 21.0. The van der Waals surface area contributed by atoms with Crippen molar-refractivity contribution in [1.82, 2.24) is 0 Å². The Morgan fingerprint density at radius 2 is 1.33 bits per heavy atom. The van der Waals surface area contributed by atoms with Crippen LogP contribution in [0.1, 0.15) is 80.0 Å². The number of benzene rings is 2. The Labute approximate surface area is 177 Å². The minimum absolute atomic E-state index is 0.591. The molecule has 4 unspecified atom stereocenters. The van der Waals surface area contributed by atoms with Gasteiger partial charge in [-0.1, -0.05) is 43.7 Å². The fourth-order valence-corrected chi connectivity index (χ4v) is 5.39. The van der Waals surface area contributed by atoms with Gasteiger partial charge >= 0.3 is 6.18 Å². The van der Waals surface area contributed by atoms with Crippen LogP contribution in [-0.4, -0.2) is 0 Å². The summed E-state index contributed by atoms with van der Waals surface area (Å²) in [5.74, 6) is 9.48. The van der Waals surface area contributed by atoms with E-state index in [4.69, 9.17) is 0 Å². The van der Waals surface area contributed by atoms with E-state index in [9.17, 15) is 13.2 Å². The minimum Gasteiger partial charge on any atom is -0.166 e. The van der Waals surface area contributed by atoms with Crippen LogP contribution in [0.25, 0.3) is 0 Å². The first-order valence-corrected chi connectivity index (χ1v) is 11.2. The quantitative estimate of drug-likeness (QED) is 0.443. The summed E-state index contributed by atoms with van der Waals surface area (Å²) in [6, 6.07) is 13.5. The summed E-state index contributed by atoms with van der Waals surface area (Å²) in [6.07, 6.45) is 5.23. The van der Waals surface area contributed by atoms with Gasteiger partial charge in [-0.25, -0.2) is 0 Å². The zero-order chi connectivity index (χ0) is 21.1. The van der Waals surface area contributed by atoms with E-state index in [0.29, 0.717) is 11.5 Å². The van der Waals surface area contributed by atoms with Gasteiger partial charge in [0.25, 0.3) is 0 Å². The van der Waals surface area contributed by atoms with Crippen molar-refractivity contribution in [2.75, 3.05) is 0 Å². The second-order valence-corrected chi connectivity index (χ2v) is 9.06. The number of fused-ring (bicyclic) bond motifs is 1. The second kappa shape index (κ2) is 8.88. The van der Waals surface area contributed by atoms with E-state index >= 15 is 0 Å². The SMILES string of the molecule is CCC1CCC2CC(c3ccc(C#Cc4ccc(C(F)(F)F)cc4)cc3)CCC2C1. The third-order valence-corrected chi connectivity index (χ3v) is 7.24. The largest absolute Gasteiger partial charge is 0.416 e. The molecule has 2 saturated carbocycles. The van der Waals surface area contributed by atoms with Crippen LogP contribution in [0.2, 0.25) is 0 Å². The van der Waals surface area contributed by atoms with Gasteiger partial charge in [-0.3, -0.25) is 0 Å². The van der Waals surface area contributed by atoms with Crippen LogP contribution in [0.15, 0.2) is 48.5 Å². The summed E-state index contributed by atoms with van der Waals surface area (Å²) in [7, 11) is 0. The van der Waals surface area contributed by atoms with Crippen LogP contribution in [0, 0.1) is 29.6 Å². The van der Waals surface area contributed by atoms with E-state index in [1.54, 1.807) is 0 Å². The Balaban J connectivity index is 1.38. The highest BCUT2D eigenvalue weighted by molar-refractivity contribution is 5.44. The second-order valence-electron chi connectivity index (χ2n) is 9.06. The Kier molecular flexibility index (Phi) is 6.23. The van der Waals surface area contributed by atoms with E-state index < -0.39 is 11.7 Å². The lowest BCUT2D eigenvalue weighted by Gasteiger charge is -2.42. The maximum atomic E-state index is 12.7. The summed E-state index contributed by atoms with van der Waals surface area (Å²) in [5, 5.41) is 0. The predicted molar refractivity (Wildman–Crippen MR) is 115 cm³/mol. The minimum atomic E-state index is -4.31. The lowest BCUT2D eigenvalue weighted by atomic mass is 9.63. The summed E-state index contributed by atoms with van der Waals surface area (Å²) >= 11 is 0. The highest BCUT2D eigenvalue weighted by Gasteiger charge is 2.35. The number of alkyl halides is 3. The fraction of sp³-hybridized carbons (Fsp3) is 0.481. The molecule has 2 aliphatic rings. The number of hydrogen-bond acceptors (Lipinski definition) is 0. The topological polar surface area (TPSA) is 0 Å². The molecule has 2 aromatic carbocycles. The highest BCUT2D eigenvalue weighted by atomic mass is 19.4. The van der Waals surface area contributed by atoms with Crippen LogP contribution in [0.3, 0.4) is 0 Å². The van der Waals surface area contributed by atoms with Crippen molar-refractivity contribution in [1.29, 1.82) is 0 Å². The molecule has 158 valence electrons. The van der Waals surface area contributed by atoms with Gasteiger partial charge in [0, 0.05) is 11.1 Å². The molecule has 0 saturated heterocycles. The Morgan fingerprint density at radius 3 is 1.93 bits per heavy atom. The lowest BCUT2D eigenvalue weighted by molar-refractivity contribution is -0.137. The van der Waals surface area contributed by atoms with Crippen molar-refractivity contribution < 1.29 is 13.2 Å².